The van der Waals surface area contributed by atoms with Gasteiger partial charge < -0.3 is 14.9 Å². The molecule has 0 aliphatic carbocycles. The lowest BCUT2D eigenvalue weighted by molar-refractivity contribution is -0.127. The fourth-order valence-corrected chi connectivity index (χ4v) is 2.24. The molecule has 3 amide bonds. The lowest BCUT2D eigenvalue weighted by Crippen LogP contribution is -2.42. The number of hydrogen-bond acceptors (Lipinski definition) is 5. The summed E-state index contributed by atoms with van der Waals surface area (Å²) >= 11 is 3.34. The van der Waals surface area contributed by atoms with Crippen molar-refractivity contribution in [2.24, 2.45) is 5.73 Å². The van der Waals surface area contributed by atoms with Crippen molar-refractivity contribution in [1.82, 2.24) is 5.32 Å². The van der Waals surface area contributed by atoms with E-state index in [1.54, 1.807) is 19.1 Å². The van der Waals surface area contributed by atoms with Crippen molar-refractivity contribution in [3.8, 4) is 0 Å². The number of furan rings is 1. The molecule has 2 rings (SSSR count). The Bertz CT molecular complexity index is 768. The summed E-state index contributed by atoms with van der Waals surface area (Å²) < 4.78 is 11.3. The van der Waals surface area contributed by atoms with Gasteiger partial charge in [-0.25, -0.2) is 9.59 Å². The highest BCUT2D eigenvalue weighted by Gasteiger charge is 2.24. The molecule has 0 bridgehead atoms. The summed E-state index contributed by atoms with van der Waals surface area (Å²) in [6.45, 7) is 3.04. The molecule has 7 nitrogen and oxygen atoms in total. The molecular formula is C14H13BrN2O5. The second-order valence-electron chi connectivity index (χ2n) is 4.60. The number of aryl methyl sites for hydroxylation is 1. The number of hydrogen-bond donors (Lipinski definition) is 2. The van der Waals surface area contributed by atoms with E-state index in [-0.39, 0.29) is 5.76 Å². The molecule has 0 unspecified atom stereocenters. The van der Waals surface area contributed by atoms with Gasteiger partial charge in [0.25, 0.3) is 5.91 Å². The van der Waals surface area contributed by atoms with Gasteiger partial charge >= 0.3 is 12.0 Å². The number of primary amides is 1. The maximum Gasteiger partial charge on any atom is 0.375 e. The highest BCUT2D eigenvalue weighted by Crippen LogP contribution is 2.28. The van der Waals surface area contributed by atoms with E-state index in [2.05, 4.69) is 15.9 Å². The number of urea groups is 1. The van der Waals surface area contributed by atoms with E-state index in [1.807, 2.05) is 11.4 Å². The van der Waals surface area contributed by atoms with Crippen LogP contribution in [-0.2, 0) is 9.53 Å². The largest absolute Gasteiger partial charge is 0.449 e. The number of halogens is 1. The number of rotatable bonds is 3. The number of amides is 3. The molecule has 2 aromatic rings. The fraction of sp³-hybridized carbons (Fsp3) is 0.214. The number of carbonyl (C=O) groups excluding carboxylic acids is 3. The molecule has 1 heterocycles. The molecule has 0 spiro atoms. The van der Waals surface area contributed by atoms with Crippen LogP contribution in [0.15, 0.2) is 27.1 Å². The zero-order chi connectivity index (χ0) is 16.4. The third-order valence-corrected chi connectivity index (χ3v) is 3.48. The molecule has 0 radical (unpaired) electrons. The van der Waals surface area contributed by atoms with Gasteiger partial charge in [-0.3, -0.25) is 10.1 Å². The predicted octanol–water partition coefficient (Wildman–Crippen LogP) is 2.24. The lowest BCUT2D eigenvalue weighted by atomic mass is 10.1. The van der Waals surface area contributed by atoms with Gasteiger partial charge in [-0.05, 0) is 32.0 Å². The molecule has 1 atom stereocenters. The van der Waals surface area contributed by atoms with Crippen LogP contribution in [0.1, 0.15) is 23.0 Å². The average molecular weight is 369 g/mol. The van der Waals surface area contributed by atoms with E-state index >= 15 is 0 Å². The van der Waals surface area contributed by atoms with Gasteiger partial charge in [0.15, 0.2) is 6.10 Å². The minimum absolute atomic E-state index is 0.00632. The van der Waals surface area contributed by atoms with Crippen molar-refractivity contribution in [3.05, 3.63) is 34.0 Å². The maximum absolute atomic E-state index is 12.1. The van der Waals surface area contributed by atoms with Gasteiger partial charge in [0, 0.05) is 15.4 Å². The molecule has 0 saturated carbocycles. The number of nitrogens with two attached hydrogens (primary N) is 1. The minimum Gasteiger partial charge on any atom is -0.449 e. The van der Waals surface area contributed by atoms with Gasteiger partial charge in [-0.1, -0.05) is 15.9 Å². The van der Waals surface area contributed by atoms with E-state index < -0.39 is 24.0 Å². The quantitative estimate of drug-likeness (QED) is 0.806. The van der Waals surface area contributed by atoms with Crippen LogP contribution in [0, 0.1) is 6.92 Å². The van der Waals surface area contributed by atoms with Gasteiger partial charge in [0.2, 0.25) is 5.76 Å². The Morgan fingerprint density at radius 1 is 1.36 bits per heavy atom. The first-order valence-corrected chi connectivity index (χ1v) is 7.09. The number of fused-ring (bicyclic) bond motifs is 1. The standard InChI is InChI=1S/C14H13BrN2O5/c1-6-9-5-8(15)3-4-10(9)22-11(6)13(19)21-7(2)12(18)17-14(16)20/h3-5,7H,1-2H3,(H3,16,17,18,20)/t7-/m1/s1. The van der Waals surface area contributed by atoms with Crippen LogP contribution in [-0.4, -0.2) is 24.0 Å². The summed E-state index contributed by atoms with van der Waals surface area (Å²) in [5.41, 5.74) is 5.96. The molecule has 8 heteroatoms. The number of nitrogens with one attached hydrogen (secondary N) is 1. The average Bonchev–Trinajstić information content (AvgIpc) is 2.75. The molecule has 0 aliphatic rings. The zero-order valence-electron chi connectivity index (χ0n) is 11.8. The minimum atomic E-state index is -1.18. The third-order valence-electron chi connectivity index (χ3n) is 2.98. The van der Waals surface area contributed by atoms with Crippen molar-refractivity contribution in [2.45, 2.75) is 20.0 Å². The summed E-state index contributed by atoms with van der Waals surface area (Å²) in [4.78, 5) is 34.2. The Morgan fingerprint density at radius 2 is 2.05 bits per heavy atom. The highest BCUT2D eigenvalue weighted by atomic mass is 79.9. The molecule has 0 aliphatic heterocycles. The summed E-state index contributed by atoms with van der Waals surface area (Å²) in [5.74, 6) is -1.60. The summed E-state index contributed by atoms with van der Waals surface area (Å²) in [6.07, 6.45) is -1.18. The summed E-state index contributed by atoms with van der Waals surface area (Å²) in [7, 11) is 0. The van der Waals surface area contributed by atoms with Crippen LogP contribution in [0.25, 0.3) is 11.0 Å². The van der Waals surface area contributed by atoms with E-state index in [9.17, 15) is 14.4 Å². The number of ether oxygens (including phenoxy) is 1. The summed E-state index contributed by atoms with van der Waals surface area (Å²) in [5, 5.41) is 2.59. The number of carbonyl (C=O) groups is 3. The molecule has 116 valence electrons. The first-order valence-electron chi connectivity index (χ1n) is 6.29. The monoisotopic (exact) mass is 368 g/mol. The topological polar surface area (TPSA) is 112 Å². The van der Waals surface area contributed by atoms with Crippen LogP contribution in [0.3, 0.4) is 0 Å². The number of benzene rings is 1. The second kappa shape index (κ2) is 6.18. The molecule has 22 heavy (non-hydrogen) atoms. The first kappa shape index (κ1) is 16.0. The Kier molecular flexibility index (Phi) is 4.51. The lowest BCUT2D eigenvalue weighted by Gasteiger charge is -2.10. The molecule has 0 fully saturated rings. The molecule has 3 N–H and O–H groups in total. The molecule has 1 aromatic heterocycles. The number of esters is 1. The Balaban J connectivity index is 2.21. The zero-order valence-corrected chi connectivity index (χ0v) is 13.4. The van der Waals surface area contributed by atoms with Crippen LogP contribution in [0.5, 0.6) is 0 Å². The van der Waals surface area contributed by atoms with Crippen molar-refractivity contribution in [1.29, 1.82) is 0 Å². The summed E-state index contributed by atoms with van der Waals surface area (Å²) in [6, 6.07) is 4.29. The Hall–Kier alpha value is -2.35. The van der Waals surface area contributed by atoms with Crippen molar-refractivity contribution in [2.75, 3.05) is 0 Å². The smallest absolute Gasteiger partial charge is 0.375 e. The maximum atomic E-state index is 12.1. The van der Waals surface area contributed by atoms with E-state index in [1.165, 1.54) is 6.92 Å². The second-order valence-corrected chi connectivity index (χ2v) is 5.51. The van der Waals surface area contributed by atoms with E-state index in [0.717, 1.165) is 9.86 Å². The van der Waals surface area contributed by atoms with Crippen LogP contribution >= 0.6 is 15.9 Å². The van der Waals surface area contributed by atoms with Crippen molar-refractivity contribution in [3.63, 3.8) is 0 Å². The fourth-order valence-electron chi connectivity index (χ4n) is 1.88. The Morgan fingerprint density at radius 3 is 2.68 bits per heavy atom. The third kappa shape index (κ3) is 3.28. The SMILES string of the molecule is Cc1c(C(=O)O[C@H](C)C(=O)NC(N)=O)oc2ccc(Br)cc12. The predicted molar refractivity (Wildman–Crippen MR) is 81.3 cm³/mol. The van der Waals surface area contributed by atoms with Crippen LogP contribution in [0.4, 0.5) is 4.79 Å². The molecule has 0 saturated heterocycles. The van der Waals surface area contributed by atoms with Crippen LogP contribution in [0.2, 0.25) is 0 Å². The first-order chi connectivity index (χ1) is 10.3. The molecular weight excluding hydrogens is 356 g/mol. The van der Waals surface area contributed by atoms with Crippen molar-refractivity contribution < 1.29 is 23.5 Å². The van der Waals surface area contributed by atoms with Gasteiger partial charge in [0.05, 0.1) is 0 Å². The normalized spacial score (nSPS) is 12.0. The van der Waals surface area contributed by atoms with Crippen LogP contribution < -0.4 is 11.1 Å². The Labute approximate surface area is 133 Å². The highest BCUT2D eigenvalue weighted by molar-refractivity contribution is 9.10. The van der Waals surface area contributed by atoms with E-state index in [0.29, 0.717) is 11.1 Å². The van der Waals surface area contributed by atoms with Gasteiger partial charge in [-0.2, -0.15) is 0 Å². The number of imide groups is 1. The molecule has 1 aromatic carbocycles. The van der Waals surface area contributed by atoms with Crippen molar-refractivity contribution >= 4 is 44.8 Å². The van der Waals surface area contributed by atoms with E-state index in [4.69, 9.17) is 14.9 Å². The van der Waals surface area contributed by atoms with Gasteiger partial charge in [0.1, 0.15) is 5.58 Å². The van der Waals surface area contributed by atoms with Gasteiger partial charge in [-0.15, -0.1) is 0 Å².